The normalized spacial score (nSPS) is 15.4. The molecule has 5 heteroatoms. The van der Waals surface area contributed by atoms with Crippen LogP contribution in [0.4, 0.5) is 0 Å². The van der Waals surface area contributed by atoms with Crippen molar-refractivity contribution in [2.24, 2.45) is 0 Å². The smallest absolute Gasteiger partial charge is 0.290 e. The van der Waals surface area contributed by atoms with E-state index in [1.807, 2.05) is 67.6 Å². The monoisotopic (exact) mass is 411 g/mol. The summed E-state index contributed by atoms with van der Waals surface area (Å²) in [7, 11) is 1.69. The first-order valence-corrected chi connectivity index (χ1v) is 10.1. The summed E-state index contributed by atoms with van der Waals surface area (Å²) in [4.78, 5) is 27.8. The number of nitrogens with zero attached hydrogens (tertiary/aromatic N) is 1. The molecule has 0 N–H and O–H groups in total. The molecule has 0 fully saturated rings. The molecule has 1 atom stereocenters. The highest BCUT2D eigenvalue weighted by Gasteiger charge is 2.40. The van der Waals surface area contributed by atoms with Crippen LogP contribution in [0.3, 0.4) is 0 Å². The number of benzene rings is 3. The van der Waals surface area contributed by atoms with E-state index in [1.165, 1.54) is 0 Å². The minimum absolute atomic E-state index is 0.115. The second-order valence-corrected chi connectivity index (χ2v) is 7.84. The first-order valence-electron chi connectivity index (χ1n) is 10.1. The summed E-state index contributed by atoms with van der Waals surface area (Å²) in [6.07, 6.45) is 0. The first kappa shape index (κ1) is 19.1. The highest BCUT2D eigenvalue weighted by atomic mass is 16.5. The van der Waals surface area contributed by atoms with E-state index in [4.69, 9.17) is 9.15 Å². The average Bonchev–Trinajstić information content (AvgIpc) is 3.04. The second-order valence-electron chi connectivity index (χ2n) is 7.84. The molecular weight excluding hydrogens is 390 g/mol. The van der Waals surface area contributed by atoms with Crippen molar-refractivity contribution < 1.29 is 13.9 Å². The molecule has 0 saturated carbocycles. The fraction of sp³-hybridized carbons (Fsp3) is 0.154. The number of rotatable bonds is 4. The van der Waals surface area contributed by atoms with Crippen molar-refractivity contribution in [1.82, 2.24) is 4.90 Å². The van der Waals surface area contributed by atoms with Crippen molar-refractivity contribution in [3.8, 4) is 5.75 Å². The van der Waals surface area contributed by atoms with Crippen LogP contribution in [-0.4, -0.2) is 17.9 Å². The van der Waals surface area contributed by atoms with E-state index in [9.17, 15) is 9.59 Å². The Labute approximate surface area is 179 Å². The Balaban J connectivity index is 1.56. The molecule has 1 aromatic heterocycles. The van der Waals surface area contributed by atoms with E-state index in [0.717, 1.165) is 16.7 Å². The lowest BCUT2D eigenvalue weighted by Crippen LogP contribution is -2.25. The molecule has 1 aliphatic rings. The number of aryl methyl sites for hydroxylation is 1. The minimum Gasteiger partial charge on any atom is -0.489 e. The number of carbonyl (C=O) groups excluding carboxylic acids is 1. The van der Waals surface area contributed by atoms with E-state index in [2.05, 4.69) is 0 Å². The highest BCUT2D eigenvalue weighted by Crippen LogP contribution is 2.38. The third-order valence-corrected chi connectivity index (χ3v) is 5.68. The predicted octanol–water partition coefficient (Wildman–Crippen LogP) is 4.86. The third kappa shape index (κ3) is 3.28. The molecular formula is C26H21NO4. The van der Waals surface area contributed by atoms with Gasteiger partial charge in [-0.2, -0.15) is 0 Å². The Kier molecular flexibility index (Phi) is 4.59. The maximum atomic E-state index is 13.4. The number of fused-ring (bicyclic) bond motifs is 2. The SMILES string of the molecule is Cc1ccc2oc3c(c(=O)c2c1)C(c1cccc(OCc2ccccc2)c1)N(C)C3=O. The predicted molar refractivity (Wildman–Crippen MR) is 118 cm³/mol. The number of carbonyl (C=O) groups is 1. The van der Waals surface area contributed by atoms with Gasteiger partial charge in [0.25, 0.3) is 5.91 Å². The van der Waals surface area contributed by atoms with Gasteiger partial charge < -0.3 is 14.1 Å². The summed E-state index contributed by atoms with van der Waals surface area (Å²) in [5.74, 6) is 0.497. The third-order valence-electron chi connectivity index (χ3n) is 5.68. The molecule has 3 aromatic carbocycles. The van der Waals surface area contributed by atoms with Gasteiger partial charge in [0.05, 0.1) is 17.0 Å². The zero-order chi connectivity index (χ0) is 21.5. The topological polar surface area (TPSA) is 59.8 Å². The Morgan fingerprint density at radius 2 is 1.77 bits per heavy atom. The number of hydrogen-bond donors (Lipinski definition) is 0. The fourth-order valence-corrected chi connectivity index (χ4v) is 4.11. The van der Waals surface area contributed by atoms with Gasteiger partial charge in [-0.25, -0.2) is 0 Å². The molecule has 0 saturated heterocycles. The molecule has 31 heavy (non-hydrogen) atoms. The fourth-order valence-electron chi connectivity index (χ4n) is 4.11. The maximum Gasteiger partial charge on any atom is 0.290 e. The van der Waals surface area contributed by atoms with Crippen molar-refractivity contribution >= 4 is 16.9 Å². The zero-order valence-electron chi connectivity index (χ0n) is 17.3. The van der Waals surface area contributed by atoms with E-state index < -0.39 is 6.04 Å². The van der Waals surface area contributed by atoms with E-state index in [-0.39, 0.29) is 17.1 Å². The van der Waals surface area contributed by atoms with Crippen molar-refractivity contribution in [3.63, 3.8) is 0 Å². The average molecular weight is 411 g/mol. The molecule has 1 amide bonds. The van der Waals surface area contributed by atoms with Crippen LogP contribution in [0.15, 0.2) is 82.0 Å². The summed E-state index contributed by atoms with van der Waals surface area (Å²) in [6.45, 7) is 2.36. The van der Waals surface area contributed by atoms with E-state index in [0.29, 0.717) is 28.9 Å². The Hall–Kier alpha value is -3.86. The summed E-state index contributed by atoms with van der Waals surface area (Å²) in [6, 6.07) is 22.3. The van der Waals surface area contributed by atoms with E-state index >= 15 is 0 Å². The summed E-state index contributed by atoms with van der Waals surface area (Å²) >= 11 is 0. The quantitative estimate of drug-likeness (QED) is 0.481. The van der Waals surface area contributed by atoms with Crippen LogP contribution in [0.5, 0.6) is 5.75 Å². The molecule has 4 aromatic rings. The molecule has 5 rings (SSSR count). The number of hydrogen-bond acceptors (Lipinski definition) is 4. The standard InChI is InChI=1S/C26H21NO4/c1-16-11-12-21-20(13-16)24(28)22-23(27(2)26(29)25(22)31-21)18-9-6-10-19(14-18)30-15-17-7-4-3-5-8-17/h3-14,23H,15H2,1-2H3. The Morgan fingerprint density at radius 1 is 0.968 bits per heavy atom. The van der Waals surface area contributed by atoms with Crippen LogP contribution >= 0.6 is 0 Å². The zero-order valence-corrected chi connectivity index (χ0v) is 17.3. The van der Waals surface area contributed by atoms with Crippen molar-refractivity contribution in [2.45, 2.75) is 19.6 Å². The van der Waals surface area contributed by atoms with Gasteiger partial charge in [0.1, 0.15) is 17.9 Å². The lowest BCUT2D eigenvalue weighted by molar-refractivity contribution is 0.0771. The van der Waals surface area contributed by atoms with Gasteiger partial charge >= 0.3 is 0 Å². The maximum absolute atomic E-state index is 13.4. The number of ether oxygens (including phenoxy) is 1. The Morgan fingerprint density at radius 3 is 2.58 bits per heavy atom. The van der Waals surface area contributed by atoms with Gasteiger partial charge in [-0.1, -0.05) is 54.1 Å². The van der Waals surface area contributed by atoms with Crippen LogP contribution in [0.1, 0.15) is 38.9 Å². The molecule has 0 aliphatic carbocycles. The van der Waals surface area contributed by atoms with Gasteiger partial charge in [-0.3, -0.25) is 9.59 Å². The lowest BCUT2D eigenvalue weighted by Gasteiger charge is -2.21. The molecule has 2 heterocycles. The van der Waals surface area contributed by atoms with Crippen LogP contribution < -0.4 is 10.2 Å². The Bertz CT molecular complexity index is 1360. The summed E-state index contributed by atoms with van der Waals surface area (Å²) in [5, 5.41) is 0.489. The largest absolute Gasteiger partial charge is 0.489 e. The molecule has 154 valence electrons. The second kappa shape index (κ2) is 7.43. The van der Waals surface area contributed by atoms with Gasteiger partial charge in [-0.05, 0) is 42.3 Å². The van der Waals surface area contributed by atoms with Gasteiger partial charge in [0, 0.05) is 7.05 Å². The molecule has 0 bridgehead atoms. The molecule has 1 unspecified atom stereocenters. The number of amides is 1. The van der Waals surface area contributed by atoms with Crippen LogP contribution in [0.2, 0.25) is 0 Å². The lowest BCUT2D eigenvalue weighted by atomic mass is 9.98. The van der Waals surface area contributed by atoms with Crippen molar-refractivity contribution in [2.75, 3.05) is 7.05 Å². The first-order chi connectivity index (χ1) is 15.0. The van der Waals surface area contributed by atoms with Crippen molar-refractivity contribution in [3.05, 3.63) is 111 Å². The van der Waals surface area contributed by atoms with Crippen LogP contribution in [0.25, 0.3) is 11.0 Å². The van der Waals surface area contributed by atoms with Gasteiger partial charge in [0.15, 0.2) is 5.43 Å². The van der Waals surface area contributed by atoms with E-state index in [1.54, 1.807) is 24.1 Å². The minimum atomic E-state index is -0.524. The van der Waals surface area contributed by atoms with Crippen LogP contribution in [0, 0.1) is 6.92 Å². The molecule has 0 radical (unpaired) electrons. The van der Waals surface area contributed by atoms with Gasteiger partial charge in [0.2, 0.25) is 5.76 Å². The van der Waals surface area contributed by atoms with Crippen LogP contribution in [-0.2, 0) is 6.61 Å². The summed E-state index contributed by atoms with van der Waals surface area (Å²) < 4.78 is 11.8. The molecule has 0 spiro atoms. The molecule has 1 aliphatic heterocycles. The highest BCUT2D eigenvalue weighted by molar-refractivity contribution is 5.98. The summed E-state index contributed by atoms with van der Waals surface area (Å²) in [5.41, 5.74) is 3.47. The van der Waals surface area contributed by atoms with Crippen molar-refractivity contribution in [1.29, 1.82) is 0 Å². The molecule has 5 nitrogen and oxygen atoms in total. The van der Waals surface area contributed by atoms with Gasteiger partial charge in [-0.15, -0.1) is 0 Å².